The highest BCUT2D eigenvalue weighted by molar-refractivity contribution is 5.60. The van der Waals surface area contributed by atoms with E-state index in [0.717, 1.165) is 11.4 Å². The molecule has 106 valence electrons. The predicted molar refractivity (Wildman–Crippen MR) is 84.6 cm³/mol. The summed E-state index contributed by atoms with van der Waals surface area (Å²) in [6, 6.07) is 12.1. The van der Waals surface area contributed by atoms with E-state index in [1.807, 2.05) is 43.4 Å². The van der Waals surface area contributed by atoms with Gasteiger partial charge in [0.15, 0.2) is 5.82 Å². The largest absolute Gasteiger partial charge is 0.384 e. The number of nitrogens with two attached hydrogens (primary N) is 1. The van der Waals surface area contributed by atoms with Gasteiger partial charge in [0.25, 0.3) is 0 Å². The third-order valence-corrected chi connectivity index (χ3v) is 3.70. The number of benzene rings is 1. The minimum Gasteiger partial charge on any atom is -0.384 e. The lowest BCUT2D eigenvalue weighted by Gasteiger charge is -2.29. The van der Waals surface area contributed by atoms with Gasteiger partial charge in [0.05, 0.1) is 0 Å². The van der Waals surface area contributed by atoms with Gasteiger partial charge in [-0.3, -0.25) is 0 Å². The van der Waals surface area contributed by atoms with Crippen LogP contribution < -0.4 is 10.6 Å². The summed E-state index contributed by atoms with van der Waals surface area (Å²) in [7, 11) is 2.04. The molecule has 0 amide bonds. The quantitative estimate of drug-likeness (QED) is 0.927. The van der Waals surface area contributed by atoms with Crippen LogP contribution in [-0.4, -0.2) is 23.1 Å². The molecule has 0 aliphatic rings. The molecule has 1 atom stereocenters. The Morgan fingerprint density at radius 2 is 1.70 bits per heavy atom. The average molecular weight is 270 g/mol. The van der Waals surface area contributed by atoms with E-state index in [4.69, 9.17) is 5.73 Å². The van der Waals surface area contributed by atoms with Gasteiger partial charge in [-0.2, -0.15) is 0 Å². The zero-order chi connectivity index (χ0) is 14.7. The van der Waals surface area contributed by atoms with Crippen molar-refractivity contribution in [3.05, 3.63) is 36.4 Å². The van der Waals surface area contributed by atoms with Crippen molar-refractivity contribution >= 4 is 11.6 Å². The van der Waals surface area contributed by atoms with E-state index in [0.29, 0.717) is 23.6 Å². The molecule has 4 heteroatoms. The third-order valence-electron chi connectivity index (χ3n) is 3.70. The molecule has 0 radical (unpaired) electrons. The number of aromatic nitrogens is 2. The highest BCUT2D eigenvalue weighted by Crippen LogP contribution is 2.23. The first kappa shape index (κ1) is 14.3. The summed E-state index contributed by atoms with van der Waals surface area (Å²) in [5.74, 6) is 2.56. The Bertz CT molecular complexity index is 566. The molecular weight excluding hydrogens is 248 g/mol. The highest BCUT2D eigenvalue weighted by Gasteiger charge is 2.16. The fourth-order valence-electron chi connectivity index (χ4n) is 2.01. The Labute approximate surface area is 120 Å². The topological polar surface area (TPSA) is 55.0 Å². The number of rotatable bonds is 4. The van der Waals surface area contributed by atoms with Gasteiger partial charge in [-0.15, -0.1) is 0 Å². The first-order valence-electron chi connectivity index (χ1n) is 6.92. The molecule has 4 nitrogen and oxygen atoms in total. The van der Waals surface area contributed by atoms with Gasteiger partial charge >= 0.3 is 0 Å². The van der Waals surface area contributed by atoms with E-state index in [-0.39, 0.29) is 0 Å². The van der Waals surface area contributed by atoms with Crippen molar-refractivity contribution in [2.45, 2.75) is 26.8 Å². The van der Waals surface area contributed by atoms with Crippen LogP contribution in [-0.2, 0) is 0 Å². The number of hydrogen-bond donors (Lipinski definition) is 1. The smallest absolute Gasteiger partial charge is 0.163 e. The van der Waals surface area contributed by atoms with Gasteiger partial charge in [0.2, 0.25) is 0 Å². The van der Waals surface area contributed by atoms with Crippen molar-refractivity contribution in [3.8, 4) is 11.4 Å². The second-order valence-electron chi connectivity index (χ2n) is 5.44. The molecule has 1 unspecified atom stereocenters. The van der Waals surface area contributed by atoms with Crippen LogP contribution >= 0.6 is 0 Å². The monoisotopic (exact) mass is 270 g/mol. The SMILES string of the molecule is CC(C)C(C)N(C)c1cc(N)nc(-c2ccccc2)n1. The lowest BCUT2D eigenvalue weighted by Crippen LogP contribution is -2.34. The number of nitrogen functional groups attached to an aromatic ring is 1. The summed E-state index contributed by atoms with van der Waals surface area (Å²) in [5.41, 5.74) is 6.91. The van der Waals surface area contributed by atoms with Crippen molar-refractivity contribution in [2.75, 3.05) is 17.7 Å². The number of anilines is 2. The second-order valence-corrected chi connectivity index (χ2v) is 5.44. The van der Waals surface area contributed by atoms with Crippen molar-refractivity contribution in [2.24, 2.45) is 5.92 Å². The van der Waals surface area contributed by atoms with E-state index in [2.05, 4.69) is 35.6 Å². The van der Waals surface area contributed by atoms with Gasteiger partial charge in [-0.25, -0.2) is 9.97 Å². The molecular formula is C16H22N4. The lowest BCUT2D eigenvalue weighted by molar-refractivity contribution is 0.502. The Balaban J connectivity index is 2.39. The summed E-state index contributed by atoms with van der Waals surface area (Å²) in [4.78, 5) is 11.1. The molecule has 20 heavy (non-hydrogen) atoms. The van der Waals surface area contributed by atoms with Crippen molar-refractivity contribution < 1.29 is 0 Å². The van der Waals surface area contributed by atoms with Crippen LogP contribution in [0.15, 0.2) is 36.4 Å². The standard InChI is InChI=1S/C16H22N4/c1-11(2)12(3)20(4)15-10-14(17)18-16(19-15)13-8-6-5-7-9-13/h5-12H,1-4H3,(H2,17,18,19). The van der Waals surface area contributed by atoms with Crippen molar-refractivity contribution in [1.29, 1.82) is 0 Å². The van der Waals surface area contributed by atoms with Crippen LogP contribution in [0, 0.1) is 5.92 Å². The van der Waals surface area contributed by atoms with Crippen LogP contribution in [0.4, 0.5) is 11.6 Å². The molecule has 0 bridgehead atoms. The molecule has 1 aromatic carbocycles. The highest BCUT2D eigenvalue weighted by atomic mass is 15.2. The van der Waals surface area contributed by atoms with E-state index in [1.165, 1.54) is 0 Å². The lowest BCUT2D eigenvalue weighted by atomic mass is 10.1. The van der Waals surface area contributed by atoms with Gasteiger partial charge in [0, 0.05) is 24.7 Å². The normalized spacial score (nSPS) is 12.4. The Hall–Kier alpha value is -2.10. The first-order chi connectivity index (χ1) is 9.49. The number of hydrogen-bond acceptors (Lipinski definition) is 4. The minimum atomic E-state index is 0.382. The summed E-state index contributed by atoms with van der Waals surface area (Å²) in [5, 5.41) is 0. The number of nitrogens with zero attached hydrogens (tertiary/aromatic N) is 3. The van der Waals surface area contributed by atoms with Gasteiger partial charge < -0.3 is 10.6 Å². The van der Waals surface area contributed by atoms with E-state index < -0.39 is 0 Å². The molecule has 0 aliphatic heterocycles. The molecule has 1 aromatic heterocycles. The van der Waals surface area contributed by atoms with Crippen LogP contribution in [0.3, 0.4) is 0 Å². The Morgan fingerprint density at radius 1 is 1.05 bits per heavy atom. The van der Waals surface area contributed by atoms with Crippen LogP contribution in [0.1, 0.15) is 20.8 Å². The summed E-state index contributed by atoms with van der Waals surface area (Å²) < 4.78 is 0. The Morgan fingerprint density at radius 3 is 2.30 bits per heavy atom. The molecule has 0 fully saturated rings. The first-order valence-corrected chi connectivity index (χ1v) is 6.92. The maximum atomic E-state index is 5.93. The molecule has 1 heterocycles. The summed E-state index contributed by atoms with van der Waals surface area (Å²) in [6.07, 6.45) is 0. The van der Waals surface area contributed by atoms with E-state index >= 15 is 0 Å². The zero-order valence-electron chi connectivity index (χ0n) is 12.5. The third kappa shape index (κ3) is 3.07. The van der Waals surface area contributed by atoms with Gasteiger partial charge in [-0.05, 0) is 12.8 Å². The molecule has 2 rings (SSSR count). The van der Waals surface area contributed by atoms with E-state index in [1.54, 1.807) is 0 Å². The molecule has 0 saturated carbocycles. The van der Waals surface area contributed by atoms with Crippen LogP contribution in [0.2, 0.25) is 0 Å². The summed E-state index contributed by atoms with van der Waals surface area (Å²) >= 11 is 0. The van der Waals surface area contributed by atoms with E-state index in [9.17, 15) is 0 Å². The summed E-state index contributed by atoms with van der Waals surface area (Å²) in [6.45, 7) is 6.58. The fourth-order valence-corrected chi connectivity index (χ4v) is 2.01. The van der Waals surface area contributed by atoms with Crippen LogP contribution in [0.5, 0.6) is 0 Å². The van der Waals surface area contributed by atoms with Gasteiger partial charge in [0.1, 0.15) is 11.6 Å². The molecule has 0 saturated heterocycles. The molecule has 0 spiro atoms. The predicted octanol–water partition coefficient (Wildman–Crippen LogP) is 3.21. The average Bonchev–Trinajstić information content (AvgIpc) is 2.45. The second kappa shape index (κ2) is 5.90. The van der Waals surface area contributed by atoms with Crippen molar-refractivity contribution in [1.82, 2.24) is 9.97 Å². The molecule has 2 N–H and O–H groups in total. The molecule has 2 aromatic rings. The maximum Gasteiger partial charge on any atom is 0.163 e. The maximum absolute atomic E-state index is 5.93. The van der Waals surface area contributed by atoms with Crippen molar-refractivity contribution in [3.63, 3.8) is 0 Å². The Kier molecular flexibility index (Phi) is 4.23. The zero-order valence-corrected chi connectivity index (χ0v) is 12.5. The minimum absolute atomic E-state index is 0.382. The molecule has 0 aliphatic carbocycles. The fraction of sp³-hybridized carbons (Fsp3) is 0.375. The van der Waals surface area contributed by atoms with Gasteiger partial charge in [-0.1, -0.05) is 44.2 Å². The van der Waals surface area contributed by atoms with Crippen LogP contribution in [0.25, 0.3) is 11.4 Å².